The monoisotopic (exact) mass is 330 g/mol. The van der Waals surface area contributed by atoms with Gasteiger partial charge in [-0.25, -0.2) is 9.97 Å². The number of benzene rings is 1. The van der Waals surface area contributed by atoms with Gasteiger partial charge in [-0.05, 0) is 30.7 Å². The second kappa shape index (κ2) is 5.25. The number of aryl methyl sites for hydroxylation is 1. The van der Waals surface area contributed by atoms with Gasteiger partial charge in [-0.3, -0.25) is 0 Å². The Morgan fingerprint density at radius 1 is 1.30 bits per heavy atom. The van der Waals surface area contributed by atoms with Crippen LogP contribution in [0, 0.1) is 0 Å². The van der Waals surface area contributed by atoms with Crippen molar-refractivity contribution in [3.05, 3.63) is 41.1 Å². The summed E-state index contributed by atoms with van der Waals surface area (Å²) in [6.07, 6.45) is 4.92. The first-order valence-corrected chi connectivity index (χ1v) is 7.35. The van der Waals surface area contributed by atoms with Crippen LogP contribution in [0.3, 0.4) is 0 Å². The third kappa shape index (κ3) is 2.29. The Morgan fingerprint density at radius 2 is 2.15 bits per heavy atom. The molecule has 1 aromatic carbocycles. The largest absolute Gasteiger partial charge is 0.368 e. The molecule has 2 heterocycles. The summed E-state index contributed by atoms with van der Waals surface area (Å²) in [6, 6.07) is 8.20. The molecule has 3 aromatic rings. The maximum Gasteiger partial charge on any atom is 0.220 e. The predicted molar refractivity (Wildman–Crippen MR) is 85.4 cm³/mol. The molecule has 0 aliphatic carbocycles. The van der Waals surface area contributed by atoms with Gasteiger partial charge >= 0.3 is 0 Å². The minimum absolute atomic E-state index is 0.300. The summed E-state index contributed by atoms with van der Waals surface area (Å²) in [7, 11) is 0. The lowest BCUT2D eigenvalue weighted by Crippen LogP contribution is -1.95. The minimum Gasteiger partial charge on any atom is -0.368 e. The molecule has 5 heteroatoms. The van der Waals surface area contributed by atoms with Gasteiger partial charge in [0.15, 0.2) is 0 Å². The van der Waals surface area contributed by atoms with E-state index in [0.717, 1.165) is 28.7 Å². The number of rotatable bonds is 3. The summed E-state index contributed by atoms with van der Waals surface area (Å²) >= 11 is 3.54. The quantitative estimate of drug-likeness (QED) is 0.793. The van der Waals surface area contributed by atoms with Gasteiger partial charge in [0, 0.05) is 39.9 Å². The molecular formula is C15H15BrN4. The first kappa shape index (κ1) is 13.1. The lowest BCUT2D eigenvalue weighted by Gasteiger charge is -2.01. The van der Waals surface area contributed by atoms with Crippen LogP contribution in [0.15, 0.2) is 41.1 Å². The molecule has 0 bridgehead atoms. The van der Waals surface area contributed by atoms with Crippen molar-refractivity contribution < 1.29 is 0 Å². The van der Waals surface area contributed by atoms with Gasteiger partial charge in [-0.1, -0.05) is 22.9 Å². The summed E-state index contributed by atoms with van der Waals surface area (Å²) in [5, 5.41) is 1.17. The fraction of sp³-hybridized carbons (Fsp3) is 0.200. The van der Waals surface area contributed by atoms with E-state index in [2.05, 4.69) is 61.8 Å². The van der Waals surface area contributed by atoms with Crippen molar-refractivity contribution in [2.75, 3.05) is 5.73 Å². The molecule has 0 radical (unpaired) electrons. The van der Waals surface area contributed by atoms with E-state index in [0.29, 0.717) is 5.95 Å². The topological polar surface area (TPSA) is 56.7 Å². The molecule has 0 fully saturated rings. The van der Waals surface area contributed by atoms with Crippen LogP contribution < -0.4 is 5.73 Å². The van der Waals surface area contributed by atoms with E-state index in [-0.39, 0.29) is 0 Å². The third-order valence-electron chi connectivity index (χ3n) is 3.26. The Morgan fingerprint density at radius 3 is 2.90 bits per heavy atom. The summed E-state index contributed by atoms with van der Waals surface area (Å²) in [6.45, 7) is 3.16. The first-order chi connectivity index (χ1) is 9.69. The summed E-state index contributed by atoms with van der Waals surface area (Å²) in [5.74, 6) is 0.300. The normalized spacial score (nSPS) is 11.1. The molecule has 0 saturated heterocycles. The predicted octanol–water partition coefficient (Wildman–Crippen LogP) is 3.85. The number of anilines is 1. The highest BCUT2D eigenvalue weighted by molar-refractivity contribution is 9.10. The molecule has 0 atom stereocenters. The average molecular weight is 331 g/mol. The maximum atomic E-state index is 5.70. The summed E-state index contributed by atoms with van der Waals surface area (Å²) in [4.78, 5) is 8.29. The van der Waals surface area contributed by atoms with E-state index in [1.54, 1.807) is 6.20 Å². The summed E-state index contributed by atoms with van der Waals surface area (Å²) in [5.41, 5.74) is 8.85. The molecule has 0 aliphatic rings. The van der Waals surface area contributed by atoms with Crippen LogP contribution in [-0.2, 0) is 6.54 Å². The fourth-order valence-corrected chi connectivity index (χ4v) is 2.78. The number of fused-ring (bicyclic) bond motifs is 1. The highest BCUT2D eigenvalue weighted by Gasteiger charge is 2.11. The summed E-state index contributed by atoms with van der Waals surface area (Å²) < 4.78 is 3.32. The van der Waals surface area contributed by atoms with Crippen molar-refractivity contribution in [2.45, 2.75) is 19.9 Å². The van der Waals surface area contributed by atoms with Crippen LogP contribution in [0.2, 0.25) is 0 Å². The Labute approximate surface area is 125 Å². The number of hydrogen-bond donors (Lipinski definition) is 1. The van der Waals surface area contributed by atoms with Crippen LogP contribution in [0.4, 0.5) is 5.95 Å². The molecule has 0 amide bonds. The molecule has 3 rings (SSSR count). The smallest absolute Gasteiger partial charge is 0.220 e. The van der Waals surface area contributed by atoms with Gasteiger partial charge in [0.2, 0.25) is 5.95 Å². The highest BCUT2D eigenvalue weighted by Crippen LogP contribution is 2.31. The molecular weight excluding hydrogens is 316 g/mol. The van der Waals surface area contributed by atoms with Crippen molar-refractivity contribution >= 4 is 32.8 Å². The van der Waals surface area contributed by atoms with E-state index in [1.807, 2.05) is 6.07 Å². The molecule has 0 saturated carbocycles. The van der Waals surface area contributed by atoms with Crippen molar-refractivity contribution in [1.29, 1.82) is 0 Å². The maximum absolute atomic E-state index is 5.70. The van der Waals surface area contributed by atoms with Crippen LogP contribution >= 0.6 is 15.9 Å². The van der Waals surface area contributed by atoms with Gasteiger partial charge in [0.1, 0.15) is 0 Å². The van der Waals surface area contributed by atoms with E-state index < -0.39 is 0 Å². The Bertz CT molecular complexity index is 764. The van der Waals surface area contributed by atoms with Crippen molar-refractivity contribution in [3.8, 4) is 11.3 Å². The van der Waals surface area contributed by atoms with Gasteiger partial charge < -0.3 is 10.3 Å². The standard InChI is InChI=1S/C15H15BrN4/c1-2-7-20-9-12(13-5-6-18-15(17)19-13)11-8-10(16)3-4-14(11)20/h3-6,8-9H,2,7H2,1H3,(H2,17,18,19). The second-order valence-corrected chi connectivity index (χ2v) is 5.61. The minimum atomic E-state index is 0.300. The number of nitrogen functional groups attached to an aromatic ring is 1. The zero-order valence-electron chi connectivity index (χ0n) is 11.2. The van der Waals surface area contributed by atoms with Crippen LogP contribution in [0.1, 0.15) is 13.3 Å². The fourth-order valence-electron chi connectivity index (χ4n) is 2.42. The highest BCUT2D eigenvalue weighted by atomic mass is 79.9. The lowest BCUT2D eigenvalue weighted by atomic mass is 10.1. The van der Waals surface area contributed by atoms with Crippen molar-refractivity contribution in [3.63, 3.8) is 0 Å². The van der Waals surface area contributed by atoms with Gasteiger partial charge in [0.25, 0.3) is 0 Å². The van der Waals surface area contributed by atoms with Crippen LogP contribution in [0.5, 0.6) is 0 Å². The van der Waals surface area contributed by atoms with Crippen LogP contribution in [0.25, 0.3) is 22.2 Å². The van der Waals surface area contributed by atoms with E-state index in [9.17, 15) is 0 Å². The number of nitrogens with zero attached hydrogens (tertiary/aromatic N) is 3. The number of nitrogens with two attached hydrogens (primary N) is 1. The zero-order valence-corrected chi connectivity index (χ0v) is 12.8. The zero-order chi connectivity index (χ0) is 14.1. The van der Waals surface area contributed by atoms with Gasteiger partial charge in [-0.2, -0.15) is 0 Å². The van der Waals surface area contributed by atoms with Gasteiger partial charge in [0.05, 0.1) is 5.69 Å². The molecule has 4 nitrogen and oxygen atoms in total. The number of halogens is 1. The molecule has 20 heavy (non-hydrogen) atoms. The van der Waals surface area contributed by atoms with Crippen LogP contribution in [-0.4, -0.2) is 14.5 Å². The van der Waals surface area contributed by atoms with Crippen molar-refractivity contribution in [1.82, 2.24) is 14.5 Å². The SMILES string of the molecule is CCCn1cc(-c2ccnc(N)n2)c2cc(Br)ccc21. The van der Waals surface area contributed by atoms with Crippen molar-refractivity contribution in [2.24, 2.45) is 0 Å². The third-order valence-corrected chi connectivity index (χ3v) is 3.75. The second-order valence-electron chi connectivity index (χ2n) is 4.70. The lowest BCUT2D eigenvalue weighted by molar-refractivity contribution is 0.704. The number of hydrogen-bond acceptors (Lipinski definition) is 3. The van der Waals surface area contributed by atoms with E-state index in [1.165, 1.54) is 10.9 Å². The first-order valence-electron chi connectivity index (χ1n) is 6.56. The van der Waals surface area contributed by atoms with Gasteiger partial charge in [-0.15, -0.1) is 0 Å². The Kier molecular flexibility index (Phi) is 3.44. The number of aromatic nitrogens is 3. The molecule has 0 spiro atoms. The molecule has 0 unspecified atom stereocenters. The molecule has 2 N–H and O–H groups in total. The molecule has 0 aliphatic heterocycles. The average Bonchev–Trinajstić information content (AvgIpc) is 2.77. The van der Waals surface area contributed by atoms with E-state index >= 15 is 0 Å². The Hall–Kier alpha value is -1.88. The Balaban J connectivity index is 2.26. The van der Waals surface area contributed by atoms with E-state index in [4.69, 9.17) is 5.73 Å². The molecule has 2 aromatic heterocycles. The molecule has 102 valence electrons.